The number of ether oxygens (including phenoxy) is 1. The van der Waals surface area contributed by atoms with Gasteiger partial charge in [0.1, 0.15) is 23.9 Å². The highest BCUT2D eigenvalue weighted by Crippen LogP contribution is 2.43. The van der Waals surface area contributed by atoms with Crippen molar-refractivity contribution >= 4 is 22.6 Å². The van der Waals surface area contributed by atoms with E-state index in [0.29, 0.717) is 51.2 Å². The molecule has 0 unspecified atom stereocenters. The van der Waals surface area contributed by atoms with Crippen LogP contribution in [0.1, 0.15) is 45.5 Å². The molecule has 0 bridgehead atoms. The van der Waals surface area contributed by atoms with Crippen molar-refractivity contribution in [1.82, 2.24) is 9.47 Å². The minimum atomic E-state index is -0.317. The quantitative estimate of drug-likeness (QED) is 0.337. The Labute approximate surface area is 208 Å². The summed E-state index contributed by atoms with van der Waals surface area (Å²) in [6.45, 7) is 3.72. The summed E-state index contributed by atoms with van der Waals surface area (Å²) in [6, 6.07) is 16.2. The second-order valence-electron chi connectivity index (χ2n) is 9.40. The van der Waals surface area contributed by atoms with Crippen LogP contribution in [0.25, 0.3) is 22.2 Å². The number of fused-ring (bicyclic) bond motifs is 5. The van der Waals surface area contributed by atoms with Crippen LogP contribution in [-0.4, -0.2) is 57.6 Å². The molecule has 0 radical (unpaired) electrons. The van der Waals surface area contributed by atoms with Crippen molar-refractivity contribution in [2.24, 2.45) is 0 Å². The average Bonchev–Trinajstić information content (AvgIpc) is 3.36. The van der Waals surface area contributed by atoms with Crippen molar-refractivity contribution in [2.45, 2.75) is 19.3 Å². The molecule has 0 saturated carbocycles. The van der Waals surface area contributed by atoms with E-state index < -0.39 is 0 Å². The number of rotatable bonds is 6. The molecule has 182 valence electrons. The van der Waals surface area contributed by atoms with Crippen LogP contribution in [0.15, 0.2) is 60.7 Å². The van der Waals surface area contributed by atoms with Crippen LogP contribution in [0, 0.1) is 0 Å². The second-order valence-corrected chi connectivity index (χ2v) is 9.40. The van der Waals surface area contributed by atoms with Crippen LogP contribution in [0.2, 0.25) is 0 Å². The van der Waals surface area contributed by atoms with E-state index in [1.54, 1.807) is 36.4 Å². The van der Waals surface area contributed by atoms with Crippen molar-refractivity contribution in [3.8, 4) is 28.5 Å². The molecule has 3 heterocycles. The summed E-state index contributed by atoms with van der Waals surface area (Å²) < 4.78 is 7.40. The molecule has 0 spiro atoms. The molecule has 6 rings (SSSR count). The number of likely N-dealkylation sites (tertiary alicyclic amines) is 1. The monoisotopic (exact) mass is 482 g/mol. The summed E-state index contributed by atoms with van der Waals surface area (Å²) in [5.74, 6) is 0.121. The number of hydrogen-bond acceptors (Lipinski definition) is 6. The zero-order chi connectivity index (χ0) is 24.8. The third-order valence-corrected chi connectivity index (χ3v) is 7.11. The molecule has 3 aromatic carbocycles. The van der Waals surface area contributed by atoms with E-state index >= 15 is 0 Å². The van der Waals surface area contributed by atoms with Gasteiger partial charge in [-0.15, -0.1) is 0 Å². The standard InChI is InChI=1S/C29H26N2O5/c32-19-6-10-22-23(16-19)29(35)31-25-11-7-20(33)17-24(25)26(27(22)31)28(34)18-4-8-21(9-5-18)36-15-14-30-12-2-1-3-13-30/h4-11,16-17,32-33H,1-3,12-15H2. The number of aromatic hydroxyl groups is 2. The molecule has 7 nitrogen and oxygen atoms in total. The predicted molar refractivity (Wildman–Crippen MR) is 136 cm³/mol. The van der Waals surface area contributed by atoms with Crippen molar-refractivity contribution < 1.29 is 24.5 Å². The molecule has 1 fully saturated rings. The molecule has 1 aromatic heterocycles. The third-order valence-electron chi connectivity index (χ3n) is 7.11. The zero-order valence-corrected chi connectivity index (χ0v) is 19.7. The van der Waals surface area contributed by atoms with Crippen LogP contribution >= 0.6 is 0 Å². The maximum Gasteiger partial charge on any atom is 0.263 e. The van der Waals surface area contributed by atoms with Gasteiger partial charge < -0.3 is 14.9 Å². The van der Waals surface area contributed by atoms with Crippen molar-refractivity contribution in [2.75, 3.05) is 26.2 Å². The molecular weight excluding hydrogens is 456 g/mol. The van der Waals surface area contributed by atoms with Gasteiger partial charge in [-0.25, -0.2) is 0 Å². The fraction of sp³-hybridized carbons (Fsp3) is 0.241. The number of phenolic OH excluding ortho intramolecular Hbond substituents is 2. The fourth-order valence-electron chi connectivity index (χ4n) is 5.33. The Hall–Kier alpha value is -4.10. The van der Waals surface area contributed by atoms with Gasteiger partial charge in [-0.2, -0.15) is 0 Å². The normalized spacial score (nSPS) is 15.2. The number of aromatic nitrogens is 1. The summed E-state index contributed by atoms with van der Waals surface area (Å²) in [7, 11) is 0. The van der Waals surface area contributed by atoms with E-state index in [1.165, 1.54) is 48.1 Å². The molecule has 0 atom stereocenters. The molecule has 2 aliphatic heterocycles. The van der Waals surface area contributed by atoms with Gasteiger partial charge in [-0.05, 0) is 86.6 Å². The first-order chi connectivity index (χ1) is 17.5. The number of carbonyl (C=O) groups is 2. The van der Waals surface area contributed by atoms with Gasteiger partial charge >= 0.3 is 0 Å². The number of phenols is 2. The first-order valence-corrected chi connectivity index (χ1v) is 12.3. The Morgan fingerprint density at radius 1 is 0.861 bits per heavy atom. The van der Waals surface area contributed by atoms with Crippen molar-refractivity contribution in [3.05, 3.63) is 77.4 Å². The first-order valence-electron chi connectivity index (χ1n) is 12.3. The number of nitrogens with zero attached hydrogens (tertiary/aromatic N) is 2. The van der Waals surface area contributed by atoms with Gasteiger partial charge in [0.15, 0.2) is 5.78 Å². The van der Waals surface area contributed by atoms with Crippen LogP contribution in [0.3, 0.4) is 0 Å². The maximum absolute atomic E-state index is 13.8. The number of ketones is 1. The molecule has 2 aliphatic rings. The lowest BCUT2D eigenvalue weighted by Crippen LogP contribution is -2.33. The first kappa shape index (κ1) is 22.4. The summed E-state index contributed by atoms with van der Waals surface area (Å²) >= 11 is 0. The molecular formula is C29H26N2O5. The average molecular weight is 483 g/mol. The van der Waals surface area contributed by atoms with Crippen molar-refractivity contribution in [1.29, 1.82) is 0 Å². The van der Waals surface area contributed by atoms with Crippen LogP contribution in [0.5, 0.6) is 17.2 Å². The van der Waals surface area contributed by atoms with E-state index in [-0.39, 0.29) is 23.2 Å². The molecule has 2 N–H and O–H groups in total. The maximum atomic E-state index is 13.8. The SMILES string of the molecule is O=C(c1ccc(OCCN2CCCCC2)cc1)c1c2n(c3ccc(O)cc13)C(=O)c1cc(O)ccc1-2. The Bertz CT molecular complexity index is 1500. The minimum Gasteiger partial charge on any atom is -0.508 e. The van der Waals surface area contributed by atoms with E-state index in [1.807, 2.05) is 0 Å². The van der Waals surface area contributed by atoms with Crippen molar-refractivity contribution in [3.63, 3.8) is 0 Å². The van der Waals surface area contributed by atoms with E-state index in [9.17, 15) is 19.8 Å². The zero-order valence-electron chi connectivity index (χ0n) is 19.7. The van der Waals surface area contributed by atoms with Gasteiger partial charge in [0.05, 0.1) is 22.3 Å². The van der Waals surface area contributed by atoms with Gasteiger partial charge in [0, 0.05) is 23.1 Å². The Balaban J connectivity index is 1.33. The second kappa shape index (κ2) is 8.84. The molecule has 4 aromatic rings. The van der Waals surface area contributed by atoms with Gasteiger partial charge in [0.25, 0.3) is 5.91 Å². The fourth-order valence-corrected chi connectivity index (χ4v) is 5.33. The lowest BCUT2D eigenvalue weighted by Gasteiger charge is -2.26. The van der Waals surface area contributed by atoms with Crippen LogP contribution in [-0.2, 0) is 0 Å². The number of piperidine rings is 1. The van der Waals surface area contributed by atoms with Gasteiger partial charge in [0.2, 0.25) is 0 Å². The topological polar surface area (TPSA) is 92.0 Å². The van der Waals surface area contributed by atoms with E-state index in [0.717, 1.165) is 19.6 Å². The molecule has 7 heteroatoms. The predicted octanol–water partition coefficient (Wildman–Crippen LogP) is 4.82. The van der Waals surface area contributed by atoms with Crippen LogP contribution < -0.4 is 4.74 Å². The van der Waals surface area contributed by atoms with Gasteiger partial charge in [-0.1, -0.05) is 6.42 Å². The lowest BCUT2D eigenvalue weighted by molar-refractivity contribution is 0.0973. The van der Waals surface area contributed by atoms with E-state index in [4.69, 9.17) is 4.74 Å². The molecule has 0 aliphatic carbocycles. The smallest absolute Gasteiger partial charge is 0.263 e. The Morgan fingerprint density at radius 3 is 2.36 bits per heavy atom. The summed E-state index contributed by atoms with van der Waals surface area (Å²) in [4.78, 5) is 29.4. The summed E-state index contributed by atoms with van der Waals surface area (Å²) in [5, 5.41) is 20.6. The number of benzene rings is 3. The lowest BCUT2D eigenvalue weighted by atomic mass is 9.95. The van der Waals surface area contributed by atoms with E-state index in [2.05, 4.69) is 4.90 Å². The minimum absolute atomic E-state index is 0.0108. The summed E-state index contributed by atoms with van der Waals surface area (Å²) in [5.41, 5.74) is 2.72. The molecule has 1 saturated heterocycles. The number of hydrogen-bond donors (Lipinski definition) is 2. The molecule has 36 heavy (non-hydrogen) atoms. The number of carbonyl (C=O) groups excluding carboxylic acids is 2. The largest absolute Gasteiger partial charge is 0.508 e. The summed E-state index contributed by atoms with van der Waals surface area (Å²) in [6.07, 6.45) is 3.78. The van der Waals surface area contributed by atoms with Crippen LogP contribution in [0.4, 0.5) is 0 Å². The highest BCUT2D eigenvalue weighted by atomic mass is 16.5. The highest BCUT2D eigenvalue weighted by molar-refractivity contribution is 6.26. The van der Waals surface area contributed by atoms with Gasteiger partial charge in [-0.3, -0.25) is 19.1 Å². The Kier molecular flexibility index (Phi) is 5.49. The Morgan fingerprint density at radius 2 is 1.58 bits per heavy atom. The third kappa shape index (κ3) is 3.72. The highest BCUT2D eigenvalue weighted by Gasteiger charge is 2.35. The molecule has 0 amide bonds.